The average molecular weight is 816 g/mol. The number of likely N-dealkylation sites (tertiary alicyclic amines) is 1. The minimum absolute atomic E-state index is 0.00361. The maximum atomic E-state index is 16.9. The monoisotopic (exact) mass is 815 g/mol. The van der Waals surface area contributed by atoms with Crippen molar-refractivity contribution in [3.8, 4) is 0 Å². The molecule has 1 unspecified atom stereocenters. The van der Waals surface area contributed by atoms with Crippen molar-refractivity contribution in [1.82, 2.24) is 14.8 Å². The third kappa shape index (κ3) is 7.96. The molecule has 2 aliphatic heterocycles. The van der Waals surface area contributed by atoms with E-state index < -0.39 is 79.9 Å². The molecule has 7 nitrogen and oxygen atoms in total. The van der Waals surface area contributed by atoms with Crippen LogP contribution in [0.5, 0.6) is 0 Å². The molecule has 2 aliphatic rings. The van der Waals surface area contributed by atoms with E-state index in [-0.39, 0.29) is 24.2 Å². The zero-order valence-corrected chi connectivity index (χ0v) is 35.2. The maximum absolute atomic E-state index is 16.9. The predicted molar refractivity (Wildman–Crippen MR) is 221 cm³/mol. The molecule has 58 heavy (non-hydrogen) atoms. The quantitative estimate of drug-likeness (QED) is 0.109. The third-order valence-electron chi connectivity index (χ3n) is 11.6. The summed E-state index contributed by atoms with van der Waals surface area (Å²) in [4.78, 5) is 18.7. The van der Waals surface area contributed by atoms with E-state index in [0.29, 0.717) is 12.1 Å². The lowest BCUT2D eigenvalue weighted by Gasteiger charge is -2.45. The van der Waals surface area contributed by atoms with Gasteiger partial charge in [-0.05, 0) is 78.9 Å². The summed E-state index contributed by atoms with van der Waals surface area (Å²) in [7, 11) is -3.34. The second-order valence-electron chi connectivity index (χ2n) is 18.0. The van der Waals surface area contributed by atoms with E-state index >= 15 is 17.6 Å². The van der Waals surface area contributed by atoms with Crippen molar-refractivity contribution >= 4 is 35.7 Å². The Balaban J connectivity index is 1.22. The van der Waals surface area contributed by atoms with E-state index in [0.717, 1.165) is 39.0 Å². The van der Waals surface area contributed by atoms with E-state index in [1.807, 2.05) is 106 Å². The summed E-state index contributed by atoms with van der Waals surface area (Å²) in [5.74, 6) is -5.84. The first-order valence-corrected chi connectivity index (χ1v) is 21.8. The highest BCUT2D eigenvalue weighted by molar-refractivity contribution is 6.99. The molecular weight excluding hydrogens is 763 g/mol. The molecule has 3 atom stereocenters. The van der Waals surface area contributed by atoms with Crippen LogP contribution in [-0.4, -0.2) is 78.1 Å². The molecule has 0 saturated carbocycles. The Labute approximate surface area is 339 Å². The number of nitrogens with one attached hydrogen (secondary N) is 1. The van der Waals surface area contributed by atoms with Gasteiger partial charge in [0.1, 0.15) is 17.2 Å². The molecule has 1 fully saturated rings. The minimum atomic E-state index is -3.45. The van der Waals surface area contributed by atoms with E-state index in [1.54, 1.807) is 27.7 Å². The number of hydrogen-bond donors (Lipinski definition) is 2. The van der Waals surface area contributed by atoms with Crippen LogP contribution in [-0.2, 0) is 15.6 Å². The number of benzene rings is 4. The van der Waals surface area contributed by atoms with Gasteiger partial charge in [0.25, 0.3) is 14.2 Å². The summed E-state index contributed by atoms with van der Waals surface area (Å²) < 4.78 is 79.1. The Morgan fingerprint density at radius 2 is 1.43 bits per heavy atom. The largest absolute Gasteiger partial charge is 0.444 e. The summed E-state index contributed by atoms with van der Waals surface area (Å²) in [5, 5.41) is 13.3. The number of aliphatic hydroxyl groups excluding tert-OH is 1. The van der Waals surface area contributed by atoms with Crippen LogP contribution in [0.1, 0.15) is 83.0 Å². The molecule has 12 heteroatoms. The summed E-state index contributed by atoms with van der Waals surface area (Å²) in [6.07, 6.45) is -1.43. The number of aromatic nitrogens is 1. The lowest BCUT2D eigenvalue weighted by Crippen LogP contribution is -2.67. The fraction of sp³-hybridized carbons (Fsp3) is 0.413. The zero-order valence-electron chi connectivity index (χ0n) is 34.2. The number of fused-ring (bicyclic) bond motifs is 3. The Bertz CT molecular complexity index is 2190. The average Bonchev–Trinajstić information content (AvgIpc) is 3.49. The molecule has 7 rings (SSSR count). The van der Waals surface area contributed by atoms with Crippen molar-refractivity contribution in [2.75, 3.05) is 26.2 Å². The Morgan fingerprint density at radius 1 is 0.879 bits per heavy atom. The number of carbonyl (C=O) groups excluding carboxylic acids is 1. The molecule has 4 aromatic carbocycles. The van der Waals surface area contributed by atoms with E-state index in [4.69, 9.17) is 9.16 Å². The first-order valence-electron chi connectivity index (χ1n) is 19.9. The molecule has 5 aromatic rings. The number of alkyl halides is 2. The number of amides is 1. The van der Waals surface area contributed by atoms with Gasteiger partial charge in [-0.2, -0.15) is 0 Å². The van der Waals surface area contributed by atoms with Crippen molar-refractivity contribution in [2.45, 2.75) is 89.6 Å². The summed E-state index contributed by atoms with van der Waals surface area (Å²) >= 11 is 0. The number of ether oxygens (including phenoxy) is 1. The van der Waals surface area contributed by atoms with Crippen LogP contribution in [0.3, 0.4) is 0 Å². The molecule has 0 bridgehead atoms. The van der Waals surface area contributed by atoms with Crippen LogP contribution in [0, 0.1) is 17.6 Å². The van der Waals surface area contributed by atoms with E-state index in [9.17, 15) is 9.90 Å². The highest BCUT2D eigenvalue weighted by Crippen LogP contribution is 2.45. The van der Waals surface area contributed by atoms with Gasteiger partial charge in [0.05, 0.1) is 25.3 Å². The standard InChI is InChI=1S/C46H53F4N3O4Si/c1-29-22-35-34-20-14-15-21-38(34)51-40(35)41(39-36(47)23-30(24-37(39)48)42(54)31-25-52(26-31)43(55)57-44(2,3)4)53(29)27-46(49,50)28-56-58(45(5,6)7,32-16-10-8-11-17-32)33-18-12-9-13-19-33/h8-21,23-24,29,31,41-42,51,54H,22,25-28H2,1-7H3/t29-,41-,42?/m1/s1. The highest BCUT2D eigenvalue weighted by Gasteiger charge is 2.53. The molecule has 1 aromatic heterocycles. The van der Waals surface area contributed by atoms with Crippen LogP contribution < -0.4 is 10.4 Å². The minimum Gasteiger partial charge on any atom is -0.444 e. The van der Waals surface area contributed by atoms with Crippen LogP contribution in [0.4, 0.5) is 22.4 Å². The lowest BCUT2D eigenvalue weighted by molar-refractivity contribution is -0.0825. The topological polar surface area (TPSA) is 78.0 Å². The first kappa shape index (κ1) is 41.7. The number of H-pyrrole nitrogens is 1. The van der Waals surface area contributed by atoms with Crippen molar-refractivity contribution < 1.29 is 36.6 Å². The van der Waals surface area contributed by atoms with Crippen molar-refractivity contribution in [3.63, 3.8) is 0 Å². The number of halogens is 4. The molecule has 3 heterocycles. The second-order valence-corrected chi connectivity index (χ2v) is 22.3. The Hall–Kier alpha value is -4.49. The number of nitrogens with zero attached hydrogens (tertiary/aromatic N) is 2. The molecule has 0 aliphatic carbocycles. The fourth-order valence-electron chi connectivity index (χ4n) is 8.85. The molecule has 1 amide bonds. The molecule has 0 spiro atoms. The highest BCUT2D eigenvalue weighted by atomic mass is 28.4. The van der Waals surface area contributed by atoms with Crippen LogP contribution in [0.25, 0.3) is 10.9 Å². The fourth-order valence-corrected chi connectivity index (χ4v) is 13.4. The van der Waals surface area contributed by atoms with Gasteiger partial charge in [0.2, 0.25) is 0 Å². The third-order valence-corrected chi connectivity index (χ3v) is 16.6. The molecular formula is C46H53F4N3O4Si. The van der Waals surface area contributed by atoms with Crippen LogP contribution >= 0.6 is 0 Å². The zero-order chi connectivity index (χ0) is 41.8. The summed E-state index contributed by atoms with van der Waals surface area (Å²) in [5.41, 5.74) is 0.919. The van der Waals surface area contributed by atoms with Gasteiger partial charge < -0.3 is 24.2 Å². The van der Waals surface area contributed by atoms with Gasteiger partial charge in [0, 0.05) is 47.2 Å². The van der Waals surface area contributed by atoms with Gasteiger partial charge >= 0.3 is 6.09 Å². The summed E-state index contributed by atoms with van der Waals surface area (Å²) in [6.45, 7) is 11.7. The van der Waals surface area contributed by atoms with Gasteiger partial charge in [-0.1, -0.05) is 99.6 Å². The van der Waals surface area contributed by atoms with E-state index in [2.05, 4.69) is 4.98 Å². The van der Waals surface area contributed by atoms with Crippen molar-refractivity contribution in [2.24, 2.45) is 5.92 Å². The normalized spacial score (nSPS) is 18.9. The molecule has 0 radical (unpaired) electrons. The number of carbonyl (C=O) groups is 1. The summed E-state index contributed by atoms with van der Waals surface area (Å²) in [6, 6.07) is 27.0. The first-order chi connectivity index (χ1) is 27.3. The smallest absolute Gasteiger partial charge is 0.410 e. The molecule has 308 valence electrons. The van der Waals surface area contributed by atoms with Crippen molar-refractivity contribution in [1.29, 1.82) is 0 Å². The number of aliphatic hydroxyl groups is 1. The van der Waals surface area contributed by atoms with Crippen LogP contribution in [0.2, 0.25) is 5.04 Å². The van der Waals surface area contributed by atoms with Gasteiger partial charge in [0.15, 0.2) is 0 Å². The molecule has 1 saturated heterocycles. The second kappa shape index (κ2) is 15.6. The number of hydrogen-bond acceptors (Lipinski definition) is 5. The Kier molecular flexibility index (Phi) is 11.2. The predicted octanol–water partition coefficient (Wildman–Crippen LogP) is 8.89. The van der Waals surface area contributed by atoms with Gasteiger partial charge in [-0.3, -0.25) is 4.90 Å². The maximum Gasteiger partial charge on any atom is 0.410 e. The van der Waals surface area contributed by atoms with Gasteiger partial charge in [-0.15, -0.1) is 0 Å². The van der Waals surface area contributed by atoms with Crippen LogP contribution in [0.15, 0.2) is 97.1 Å². The number of para-hydroxylation sites is 1. The molecule has 2 N–H and O–H groups in total. The SMILES string of the molecule is C[C@@H]1Cc2c([nH]c3ccccc23)[C@@H](c2c(F)cc(C(O)C3CN(C(=O)OC(C)(C)C)C3)cc2F)N1CC(F)(F)CO[Si](c1ccccc1)(c1ccccc1)C(C)(C)C. The number of aromatic amines is 1. The van der Waals surface area contributed by atoms with E-state index in [1.165, 1.54) is 9.80 Å². The van der Waals surface area contributed by atoms with Gasteiger partial charge in [-0.25, -0.2) is 22.4 Å². The Morgan fingerprint density at radius 3 is 1.98 bits per heavy atom. The lowest BCUT2D eigenvalue weighted by atomic mass is 9.85. The van der Waals surface area contributed by atoms with Crippen molar-refractivity contribution in [3.05, 3.63) is 131 Å². The number of rotatable bonds is 10.